The molecule has 1 aliphatic heterocycles. The van der Waals surface area contributed by atoms with Crippen LogP contribution in [0, 0.1) is 6.92 Å². The fourth-order valence-electron chi connectivity index (χ4n) is 2.48. The summed E-state index contributed by atoms with van der Waals surface area (Å²) in [5.41, 5.74) is 6.52. The number of allylic oxidation sites excluding steroid dienone is 1. The molecule has 21 heavy (non-hydrogen) atoms. The van der Waals surface area contributed by atoms with Crippen LogP contribution in [-0.2, 0) is 6.42 Å². The quantitative estimate of drug-likeness (QED) is 0.707. The summed E-state index contributed by atoms with van der Waals surface area (Å²) in [6.45, 7) is 6.36. The SMILES string of the molecule is C=C(Cc1ccc(C2SCCS2)cc1)c1ccc(C)cc1. The van der Waals surface area contributed by atoms with Crippen molar-refractivity contribution >= 4 is 29.1 Å². The van der Waals surface area contributed by atoms with Gasteiger partial charge in [-0.15, -0.1) is 23.5 Å². The molecule has 0 nitrogen and oxygen atoms in total. The van der Waals surface area contributed by atoms with Gasteiger partial charge in [-0.1, -0.05) is 60.7 Å². The summed E-state index contributed by atoms with van der Waals surface area (Å²) in [5.74, 6) is 2.56. The molecule has 0 amide bonds. The zero-order chi connectivity index (χ0) is 14.7. The third kappa shape index (κ3) is 3.75. The second-order valence-corrected chi connectivity index (χ2v) is 8.19. The summed E-state index contributed by atoms with van der Waals surface area (Å²) >= 11 is 4.12. The lowest BCUT2D eigenvalue weighted by molar-refractivity contribution is 1.26. The average molecular weight is 313 g/mol. The minimum absolute atomic E-state index is 0.638. The normalized spacial score (nSPS) is 15.3. The summed E-state index contributed by atoms with van der Waals surface area (Å²) in [5, 5.41) is 0. The van der Waals surface area contributed by atoms with Crippen LogP contribution in [0.1, 0.15) is 26.8 Å². The van der Waals surface area contributed by atoms with Gasteiger partial charge in [0.2, 0.25) is 0 Å². The highest BCUT2D eigenvalue weighted by molar-refractivity contribution is 8.19. The van der Waals surface area contributed by atoms with Crippen LogP contribution in [-0.4, -0.2) is 11.5 Å². The van der Waals surface area contributed by atoms with E-state index in [1.807, 2.05) is 0 Å². The van der Waals surface area contributed by atoms with Gasteiger partial charge in [0.05, 0.1) is 4.58 Å². The number of aryl methyl sites for hydroxylation is 1. The smallest absolute Gasteiger partial charge is 0.0751 e. The Morgan fingerprint density at radius 2 is 1.62 bits per heavy atom. The van der Waals surface area contributed by atoms with E-state index < -0.39 is 0 Å². The summed E-state index contributed by atoms with van der Waals surface area (Å²) in [4.78, 5) is 0. The Labute approximate surface area is 136 Å². The van der Waals surface area contributed by atoms with Crippen molar-refractivity contribution < 1.29 is 0 Å². The molecule has 3 rings (SSSR count). The second kappa shape index (κ2) is 6.76. The van der Waals surface area contributed by atoms with Gasteiger partial charge in [-0.2, -0.15) is 0 Å². The third-order valence-electron chi connectivity index (χ3n) is 3.75. The highest BCUT2D eigenvalue weighted by Crippen LogP contribution is 2.45. The molecule has 0 spiro atoms. The van der Waals surface area contributed by atoms with Gasteiger partial charge in [0.15, 0.2) is 0 Å². The zero-order valence-corrected chi connectivity index (χ0v) is 14.0. The summed E-state index contributed by atoms with van der Waals surface area (Å²) in [6, 6.07) is 17.7. The van der Waals surface area contributed by atoms with Gasteiger partial charge in [-0.05, 0) is 35.6 Å². The molecule has 1 fully saturated rings. The third-order valence-corrected chi connectivity index (χ3v) is 6.86. The van der Waals surface area contributed by atoms with E-state index in [9.17, 15) is 0 Å². The number of thioether (sulfide) groups is 2. The van der Waals surface area contributed by atoms with Gasteiger partial charge in [-0.3, -0.25) is 0 Å². The van der Waals surface area contributed by atoms with Crippen molar-refractivity contribution in [3.8, 4) is 0 Å². The van der Waals surface area contributed by atoms with Gasteiger partial charge >= 0.3 is 0 Å². The first-order valence-corrected chi connectivity index (χ1v) is 9.39. The molecule has 0 unspecified atom stereocenters. The van der Waals surface area contributed by atoms with Crippen LogP contribution in [0.2, 0.25) is 0 Å². The predicted molar refractivity (Wildman–Crippen MR) is 98.0 cm³/mol. The van der Waals surface area contributed by atoms with Gasteiger partial charge in [0, 0.05) is 11.5 Å². The maximum atomic E-state index is 4.24. The van der Waals surface area contributed by atoms with Gasteiger partial charge in [0.25, 0.3) is 0 Å². The Hall–Kier alpha value is -1.12. The molecular formula is C19H20S2. The maximum absolute atomic E-state index is 4.24. The molecule has 2 aromatic carbocycles. The van der Waals surface area contributed by atoms with Crippen LogP contribution in [0.25, 0.3) is 5.57 Å². The molecule has 0 aliphatic carbocycles. The van der Waals surface area contributed by atoms with Crippen LogP contribution in [0.4, 0.5) is 0 Å². The summed E-state index contributed by atoms with van der Waals surface area (Å²) in [7, 11) is 0. The molecule has 0 saturated carbocycles. The van der Waals surface area contributed by atoms with E-state index in [0.717, 1.165) is 6.42 Å². The highest BCUT2D eigenvalue weighted by atomic mass is 32.2. The number of hydrogen-bond donors (Lipinski definition) is 0. The molecule has 2 aromatic rings. The molecule has 0 aromatic heterocycles. The van der Waals surface area contributed by atoms with Crippen LogP contribution in [0.3, 0.4) is 0 Å². The van der Waals surface area contributed by atoms with Crippen LogP contribution >= 0.6 is 23.5 Å². The predicted octanol–water partition coefficient (Wildman–Crippen LogP) is 5.73. The second-order valence-electron chi connectivity index (χ2n) is 5.46. The summed E-state index contributed by atoms with van der Waals surface area (Å²) < 4.78 is 0.638. The maximum Gasteiger partial charge on any atom is 0.0751 e. The Bertz CT molecular complexity index is 605. The molecule has 0 radical (unpaired) electrons. The lowest BCUT2D eigenvalue weighted by atomic mass is 9.98. The minimum atomic E-state index is 0.638. The van der Waals surface area contributed by atoms with Crippen LogP contribution < -0.4 is 0 Å². The Morgan fingerprint density at radius 3 is 2.24 bits per heavy atom. The molecular weight excluding hydrogens is 292 g/mol. The zero-order valence-electron chi connectivity index (χ0n) is 12.3. The summed E-state index contributed by atoms with van der Waals surface area (Å²) in [6.07, 6.45) is 0.925. The Balaban J connectivity index is 1.67. The average Bonchev–Trinajstić information content (AvgIpc) is 3.03. The van der Waals surface area contributed by atoms with E-state index in [0.29, 0.717) is 4.58 Å². The van der Waals surface area contributed by atoms with Crippen molar-refractivity contribution in [3.05, 3.63) is 77.4 Å². The van der Waals surface area contributed by atoms with E-state index in [1.54, 1.807) is 0 Å². The van der Waals surface area contributed by atoms with Crippen molar-refractivity contribution in [3.63, 3.8) is 0 Å². The van der Waals surface area contributed by atoms with Crippen LogP contribution in [0.5, 0.6) is 0 Å². The number of rotatable bonds is 4. The molecule has 0 bridgehead atoms. The van der Waals surface area contributed by atoms with E-state index in [2.05, 4.69) is 85.6 Å². The largest absolute Gasteiger partial charge is 0.142 e. The minimum Gasteiger partial charge on any atom is -0.142 e. The molecule has 1 heterocycles. The molecule has 1 saturated heterocycles. The highest BCUT2D eigenvalue weighted by Gasteiger charge is 2.17. The lowest BCUT2D eigenvalue weighted by Crippen LogP contribution is -1.91. The standard InChI is InChI=1S/C19H20S2/c1-14-3-7-17(8-4-14)15(2)13-16-5-9-18(10-6-16)19-20-11-12-21-19/h3-10,19H,2,11-13H2,1H3. The number of hydrogen-bond acceptors (Lipinski definition) is 2. The lowest BCUT2D eigenvalue weighted by Gasteiger charge is -2.10. The first kappa shape index (κ1) is 14.8. The van der Waals surface area contributed by atoms with E-state index in [-0.39, 0.29) is 0 Å². The Morgan fingerprint density at radius 1 is 1.00 bits per heavy atom. The van der Waals surface area contributed by atoms with Crippen molar-refractivity contribution in [1.29, 1.82) is 0 Å². The molecule has 2 heteroatoms. The monoisotopic (exact) mass is 312 g/mol. The van der Waals surface area contributed by atoms with Gasteiger partial charge in [-0.25, -0.2) is 0 Å². The topological polar surface area (TPSA) is 0 Å². The van der Waals surface area contributed by atoms with Crippen molar-refractivity contribution in [2.75, 3.05) is 11.5 Å². The first-order chi connectivity index (χ1) is 10.2. The van der Waals surface area contributed by atoms with E-state index >= 15 is 0 Å². The molecule has 0 N–H and O–H groups in total. The van der Waals surface area contributed by atoms with Crippen LogP contribution in [0.15, 0.2) is 55.1 Å². The molecule has 1 aliphatic rings. The molecule has 108 valence electrons. The fraction of sp³-hybridized carbons (Fsp3) is 0.263. The van der Waals surface area contributed by atoms with Crippen molar-refractivity contribution in [2.24, 2.45) is 0 Å². The van der Waals surface area contributed by atoms with Gasteiger partial charge < -0.3 is 0 Å². The van der Waals surface area contributed by atoms with E-state index in [4.69, 9.17) is 0 Å². The fourth-order valence-corrected chi connectivity index (χ4v) is 5.34. The van der Waals surface area contributed by atoms with Gasteiger partial charge in [0.1, 0.15) is 0 Å². The molecule has 0 atom stereocenters. The van der Waals surface area contributed by atoms with Crippen molar-refractivity contribution in [2.45, 2.75) is 17.9 Å². The first-order valence-electron chi connectivity index (χ1n) is 7.29. The van der Waals surface area contributed by atoms with E-state index in [1.165, 1.54) is 39.3 Å². The van der Waals surface area contributed by atoms with Crippen molar-refractivity contribution in [1.82, 2.24) is 0 Å². The number of benzene rings is 2. The Kier molecular flexibility index (Phi) is 4.77.